The van der Waals surface area contributed by atoms with Crippen LogP contribution in [-0.4, -0.2) is 125 Å². The van der Waals surface area contributed by atoms with Crippen LogP contribution in [0.1, 0.15) is 30.0 Å². The number of aromatic nitrogens is 5. The first-order chi connectivity index (χ1) is 24.6. The fourth-order valence-electron chi connectivity index (χ4n) is 5.48. The van der Waals surface area contributed by atoms with Crippen LogP contribution in [0.3, 0.4) is 0 Å². The third kappa shape index (κ3) is 9.53. The van der Waals surface area contributed by atoms with Gasteiger partial charge < -0.3 is 65.6 Å². The van der Waals surface area contributed by atoms with Gasteiger partial charge in [-0.3, -0.25) is 32.9 Å². The van der Waals surface area contributed by atoms with E-state index in [4.69, 9.17) is 34.0 Å². The lowest BCUT2D eigenvalue weighted by atomic mass is 9.96. The van der Waals surface area contributed by atoms with Crippen LogP contribution in [0.4, 0.5) is 5.95 Å². The molecule has 5 heterocycles. The van der Waals surface area contributed by atoms with E-state index in [2.05, 4.69) is 34.1 Å². The number of aliphatic hydroxyl groups excluding tert-OH is 4. The lowest BCUT2D eigenvalue weighted by Gasteiger charge is -2.41. The standard InChI is InChI=1S/C24H36N7O19P3/c1-8-15(32)11(10(3-26-8)5-45-51(38,39)40)4-27-13-9(2)47-23(19(36)17(13)34)49-53(43,44)50-52(41,42)46-6-12-16(33)18(35)22(48-12)31-7-28-14-20(31)29-24(25)30-21(14)37/h3,7,9,12-13,16-19,22-23,27,32-36H,4-6H2,1-2H3,(H,41,42)(H,43,44)(H2,38,39,40)(H3,25,29,30,37)/t9-,12-,13-,16-,17+,18-,19+,22-,23-/m1/s1. The Morgan fingerprint density at radius 2 is 1.70 bits per heavy atom. The minimum Gasteiger partial charge on any atom is -0.506 e. The predicted molar refractivity (Wildman–Crippen MR) is 171 cm³/mol. The number of nitrogens with one attached hydrogen (secondary N) is 2. The van der Waals surface area contributed by atoms with Gasteiger partial charge in [0.25, 0.3) is 5.56 Å². The maximum atomic E-state index is 12.7. The molecule has 3 aromatic rings. The summed E-state index contributed by atoms with van der Waals surface area (Å²) in [5.41, 5.74) is 4.83. The molecule has 29 heteroatoms. The van der Waals surface area contributed by atoms with Gasteiger partial charge in [0.05, 0.1) is 37.4 Å². The van der Waals surface area contributed by atoms with E-state index in [1.54, 1.807) is 0 Å². The number of pyridine rings is 1. The van der Waals surface area contributed by atoms with E-state index in [-0.39, 0.29) is 46.2 Å². The molecule has 0 radical (unpaired) electrons. The average Bonchev–Trinajstić information content (AvgIpc) is 3.58. The van der Waals surface area contributed by atoms with Crippen LogP contribution in [0.2, 0.25) is 0 Å². The largest absolute Gasteiger partial charge is 0.506 e. The topological polar surface area (TPSA) is 403 Å². The van der Waals surface area contributed by atoms with Crippen molar-refractivity contribution in [3.63, 3.8) is 0 Å². The van der Waals surface area contributed by atoms with Crippen LogP contribution in [0.5, 0.6) is 5.75 Å². The van der Waals surface area contributed by atoms with E-state index in [1.165, 1.54) is 20.0 Å². The third-order valence-electron chi connectivity index (χ3n) is 8.09. The van der Waals surface area contributed by atoms with Crippen molar-refractivity contribution in [3.05, 3.63) is 39.7 Å². The zero-order valence-electron chi connectivity index (χ0n) is 27.3. The number of phosphoric ester groups is 3. The summed E-state index contributed by atoms with van der Waals surface area (Å²) in [6, 6.07) is -1.18. The number of nitrogens with two attached hydrogens (primary N) is 1. The van der Waals surface area contributed by atoms with Crippen molar-refractivity contribution in [1.29, 1.82) is 0 Å². The van der Waals surface area contributed by atoms with Gasteiger partial charge in [-0.1, -0.05) is 0 Å². The lowest BCUT2D eigenvalue weighted by molar-refractivity contribution is -0.246. The highest BCUT2D eigenvalue weighted by Crippen LogP contribution is 2.61. The molecule has 2 unspecified atom stereocenters. The predicted octanol–water partition coefficient (Wildman–Crippen LogP) is -2.79. The quantitative estimate of drug-likeness (QED) is 0.0732. The second-order valence-electron chi connectivity index (χ2n) is 11.8. The Balaban J connectivity index is 1.17. The first-order valence-corrected chi connectivity index (χ1v) is 19.6. The van der Waals surface area contributed by atoms with Gasteiger partial charge in [0.1, 0.15) is 36.3 Å². The van der Waals surface area contributed by atoms with E-state index in [1.807, 2.05) is 0 Å². The summed E-state index contributed by atoms with van der Waals surface area (Å²) >= 11 is 0. The highest BCUT2D eigenvalue weighted by molar-refractivity contribution is 7.61. The van der Waals surface area contributed by atoms with Crippen LogP contribution < -0.4 is 16.6 Å². The van der Waals surface area contributed by atoms with Crippen molar-refractivity contribution >= 4 is 40.6 Å². The Kier molecular flexibility index (Phi) is 12.3. The number of rotatable bonds is 14. The number of nitrogens with zero attached hydrogens (tertiary/aromatic N) is 4. The maximum Gasteiger partial charge on any atom is 0.483 e. The minimum absolute atomic E-state index is 0.0658. The molecule has 0 saturated carbocycles. The van der Waals surface area contributed by atoms with Crippen LogP contribution in [0.15, 0.2) is 17.3 Å². The van der Waals surface area contributed by atoms with E-state index < -0.39 is 97.4 Å². The number of aromatic hydroxyl groups is 1. The number of anilines is 1. The van der Waals surface area contributed by atoms with E-state index in [0.717, 1.165) is 10.9 Å². The molecule has 2 fully saturated rings. The molecule has 13 N–H and O–H groups in total. The summed E-state index contributed by atoms with van der Waals surface area (Å²) in [6.45, 7) is 0.821. The molecule has 53 heavy (non-hydrogen) atoms. The zero-order chi connectivity index (χ0) is 39.2. The second-order valence-corrected chi connectivity index (χ2v) is 16.0. The number of ether oxygens (including phenoxy) is 2. The summed E-state index contributed by atoms with van der Waals surface area (Å²) in [4.78, 5) is 64.5. The lowest BCUT2D eigenvalue weighted by Crippen LogP contribution is -2.61. The number of fused-ring (bicyclic) bond motifs is 1. The number of imidazole rings is 1. The third-order valence-corrected chi connectivity index (χ3v) is 11.2. The second kappa shape index (κ2) is 15.7. The number of aliphatic hydroxyl groups is 4. The first kappa shape index (κ1) is 41.4. The number of hydrogen-bond donors (Lipinski definition) is 12. The Bertz CT molecular complexity index is 2010. The van der Waals surface area contributed by atoms with Gasteiger partial charge >= 0.3 is 23.5 Å². The summed E-state index contributed by atoms with van der Waals surface area (Å²) in [5.74, 6) is -0.656. The summed E-state index contributed by atoms with van der Waals surface area (Å²) < 4.78 is 66.7. The number of aryl methyl sites for hydroxylation is 1. The van der Waals surface area contributed by atoms with Gasteiger partial charge in [-0.25, -0.2) is 18.7 Å². The molecule has 2 saturated heterocycles. The van der Waals surface area contributed by atoms with Crippen LogP contribution >= 0.6 is 23.5 Å². The molecular weight excluding hydrogens is 783 g/mol. The van der Waals surface area contributed by atoms with Gasteiger partial charge in [-0.15, -0.1) is 0 Å². The fourth-order valence-corrected chi connectivity index (χ4v) is 7.94. The molecule has 0 amide bonds. The number of aromatic amines is 1. The average molecular weight is 820 g/mol. The summed E-state index contributed by atoms with van der Waals surface area (Å²) in [6.07, 6.45) is -11.5. The SMILES string of the molecule is Cc1ncc(COP(=O)(O)O)c(CN[C@H]2[C@H](O)[C@H](O)[C@@H](OP(=O)(O)OP(=O)(O)OC[C@H]3O[C@@H](n4cnc5c(=O)[nH]c(N)nc54)[C@H](O)[C@@H]3O)O[C@@H]2C)c1O. The molecule has 26 nitrogen and oxygen atoms in total. The Morgan fingerprint density at radius 1 is 1.00 bits per heavy atom. The zero-order valence-corrected chi connectivity index (χ0v) is 30.0. The number of hydrogen-bond acceptors (Lipinski definition) is 20. The van der Waals surface area contributed by atoms with Crippen molar-refractivity contribution in [2.24, 2.45) is 0 Å². The molecule has 5 rings (SSSR count). The Morgan fingerprint density at radius 3 is 2.38 bits per heavy atom. The van der Waals surface area contributed by atoms with Gasteiger partial charge in [0, 0.05) is 23.9 Å². The summed E-state index contributed by atoms with van der Waals surface area (Å²) in [5, 5.41) is 55.8. The van der Waals surface area contributed by atoms with Crippen molar-refractivity contribution < 1.29 is 86.2 Å². The summed E-state index contributed by atoms with van der Waals surface area (Å²) in [7, 11) is -16.1. The highest BCUT2D eigenvalue weighted by Gasteiger charge is 2.49. The molecule has 11 atom stereocenters. The van der Waals surface area contributed by atoms with Gasteiger partial charge in [0.2, 0.25) is 5.95 Å². The van der Waals surface area contributed by atoms with Gasteiger partial charge in [-0.05, 0) is 13.8 Å². The van der Waals surface area contributed by atoms with Crippen molar-refractivity contribution in [2.45, 2.75) is 82.2 Å². The van der Waals surface area contributed by atoms with Crippen LogP contribution in [0.25, 0.3) is 11.2 Å². The number of nitrogen functional groups attached to an aromatic ring is 1. The number of phosphoric acid groups is 3. The molecule has 2 aliphatic heterocycles. The Labute approximate surface area is 296 Å². The molecule has 2 aliphatic rings. The van der Waals surface area contributed by atoms with Crippen LogP contribution in [0, 0.1) is 6.92 Å². The van der Waals surface area contributed by atoms with E-state index in [9.17, 15) is 53.8 Å². The smallest absolute Gasteiger partial charge is 0.483 e. The van der Waals surface area contributed by atoms with Crippen LogP contribution in [-0.2, 0) is 54.2 Å². The van der Waals surface area contributed by atoms with Gasteiger partial charge in [0.15, 0.2) is 23.7 Å². The molecule has 0 bridgehead atoms. The van der Waals surface area contributed by atoms with Crippen molar-refractivity contribution in [1.82, 2.24) is 29.8 Å². The molecule has 0 aromatic carbocycles. The molecule has 0 aliphatic carbocycles. The van der Waals surface area contributed by atoms with E-state index >= 15 is 0 Å². The van der Waals surface area contributed by atoms with E-state index in [0.29, 0.717) is 0 Å². The van der Waals surface area contributed by atoms with Crippen molar-refractivity contribution in [3.8, 4) is 5.75 Å². The fraction of sp³-hybridized carbons (Fsp3) is 0.583. The molecule has 3 aromatic heterocycles. The maximum absolute atomic E-state index is 12.7. The van der Waals surface area contributed by atoms with Gasteiger partial charge in [-0.2, -0.15) is 9.29 Å². The molecule has 296 valence electrons. The monoisotopic (exact) mass is 819 g/mol. The normalized spacial score (nSPS) is 30.3. The molecule has 0 spiro atoms. The first-order valence-electron chi connectivity index (χ1n) is 15.1. The highest BCUT2D eigenvalue weighted by atomic mass is 31.3. The van der Waals surface area contributed by atoms with Crippen molar-refractivity contribution in [2.75, 3.05) is 12.3 Å². The Hall–Kier alpha value is -2.81. The molecular formula is C24H36N7O19P3. The minimum atomic E-state index is -5.66. The number of H-pyrrole nitrogens is 1.